The maximum Gasteiger partial charge on any atom is 0.128 e. The number of likely N-dealkylation sites (N-methyl/N-ethyl adjacent to an activating group) is 1. The molecule has 2 saturated heterocycles. The zero-order chi connectivity index (χ0) is 21.9. The Labute approximate surface area is 198 Å². The van der Waals surface area contributed by atoms with Gasteiger partial charge in [0.15, 0.2) is 0 Å². The van der Waals surface area contributed by atoms with E-state index in [1.807, 2.05) is 24.4 Å². The topological polar surface area (TPSA) is 22.6 Å². The number of pyridine rings is 1. The normalized spacial score (nSPS) is 26.6. The lowest BCUT2D eigenvalue weighted by Gasteiger charge is -2.51. The van der Waals surface area contributed by atoms with Crippen LogP contribution >= 0.6 is 11.6 Å². The van der Waals surface area contributed by atoms with Gasteiger partial charge in [-0.2, -0.15) is 0 Å². The number of anilines is 1. The van der Waals surface area contributed by atoms with E-state index >= 15 is 0 Å². The number of halogens is 1. The first-order chi connectivity index (χ1) is 15.7. The van der Waals surface area contributed by atoms with Crippen molar-refractivity contribution in [3.8, 4) is 0 Å². The summed E-state index contributed by atoms with van der Waals surface area (Å²) in [5, 5.41) is 0.828. The highest BCUT2D eigenvalue weighted by Crippen LogP contribution is 2.35. The Hall–Kier alpha value is -1.62. The molecule has 1 saturated carbocycles. The standard InChI is InChI=1S/C27H37ClN4/c1-30-19-25(18-21-9-11-23(28)12-10-21)32(20-26(30)22-6-2-3-7-22)24-13-16-31(17-14-24)27-8-4-5-15-29-27/h4-5,8-12,15,22,24-26H,2-3,6-7,13-14,16-20H2,1H3/t25-,26+/m0/s1. The second kappa shape index (κ2) is 10.1. The quantitative estimate of drug-likeness (QED) is 0.627. The summed E-state index contributed by atoms with van der Waals surface area (Å²) in [4.78, 5) is 12.7. The number of hydrogen-bond acceptors (Lipinski definition) is 4. The maximum atomic E-state index is 6.16. The summed E-state index contributed by atoms with van der Waals surface area (Å²) in [7, 11) is 2.37. The first-order valence-corrected chi connectivity index (χ1v) is 12.9. The molecule has 2 atom stereocenters. The van der Waals surface area contributed by atoms with E-state index in [1.165, 1.54) is 57.2 Å². The minimum absolute atomic E-state index is 0.574. The molecule has 4 nitrogen and oxygen atoms in total. The lowest BCUT2D eigenvalue weighted by Crippen LogP contribution is -2.63. The van der Waals surface area contributed by atoms with Crippen molar-refractivity contribution < 1.29 is 0 Å². The molecular formula is C27H37ClN4. The van der Waals surface area contributed by atoms with Gasteiger partial charge in [-0.3, -0.25) is 4.90 Å². The van der Waals surface area contributed by atoms with Crippen LogP contribution in [0.25, 0.3) is 0 Å². The zero-order valence-electron chi connectivity index (χ0n) is 19.4. The van der Waals surface area contributed by atoms with Crippen LogP contribution in [0.5, 0.6) is 0 Å². The Kier molecular flexibility index (Phi) is 7.01. The molecule has 0 amide bonds. The van der Waals surface area contributed by atoms with Gasteiger partial charge in [0.1, 0.15) is 5.82 Å². The molecule has 172 valence electrons. The maximum absolute atomic E-state index is 6.16. The number of nitrogens with zero attached hydrogens (tertiary/aromatic N) is 4. The molecule has 1 aromatic carbocycles. The van der Waals surface area contributed by atoms with Crippen LogP contribution in [0, 0.1) is 5.92 Å². The van der Waals surface area contributed by atoms with Gasteiger partial charge < -0.3 is 9.80 Å². The van der Waals surface area contributed by atoms with Gasteiger partial charge in [0, 0.05) is 55.5 Å². The van der Waals surface area contributed by atoms with Crippen molar-refractivity contribution in [1.29, 1.82) is 0 Å². The molecule has 2 aromatic rings. The minimum atomic E-state index is 0.574. The van der Waals surface area contributed by atoms with Gasteiger partial charge in [0.25, 0.3) is 0 Å². The van der Waals surface area contributed by atoms with Crippen LogP contribution in [0.2, 0.25) is 5.02 Å². The highest BCUT2D eigenvalue weighted by Gasteiger charge is 2.40. The van der Waals surface area contributed by atoms with E-state index in [4.69, 9.17) is 11.6 Å². The van der Waals surface area contributed by atoms with Crippen LogP contribution in [0.1, 0.15) is 44.1 Å². The molecule has 5 heteroatoms. The molecule has 32 heavy (non-hydrogen) atoms. The summed E-state index contributed by atoms with van der Waals surface area (Å²) in [6.45, 7) is 4.61. The third-order valence-corrected chi connectivity index (χ3v) is 8.42. The highest BCUT2D eigenvalue weighted by molar-refractivity contribution is 6.30. The fraction of sp³-hybridized carbons (Fsp3) is 0.593. The van der Waals surface area contributed by atoms with Crippen LogP contribution in [-0.2, 0) is 6.42 Å². The average molecular weight is 453 g/mol. The summed E-state index contributed by atoms with van der Waals surface area (Å²) in [5.74, 6) is 2.01. The number of aromatic nitrogens is 1. The van der Waals surface area contributed by atoms with E-state index in [2.05, 4.69) is 51.0 Å². The average Bonchev–Trinajstić information content (AvgIpc) is 3.36. The molecule has 0 radical (unpaired) electrons. The second-order valence-corrected chi connectivity index (χ2v) is 10.6. The summed E-state index contributed by atoms with van der Waals surface area (Å²) < 4.78 is 0. The summed E-state index contributed by atoms with van der Waals surface area (Å²) in [5.41, 5.74) is 1.41. The Morgan fingerprint density at radius 3 is 2.38 bits per heavy atom. The summed E-state index contributed by atoms with van der Waals surface area (Å²) >= 11 is 6.16. The Morgan fingerprint density at radius 2 is 1.69 bits per heavy atom. The molecule has 3 aliphatic rings. The van der Waals surface area contributed by atoms with Crippen LogP contribution in [0.4, 0.5) is 5.82 Å². The van der Waals surface area contributed by atoms with Crippen molar-refractivity contribution in [2.75, 3.05) is 38.1 Å². The van der Waals surface area contributed by atoms with Crippen molar-refractivity contribution >= 4 is 17.4 Å². The number of piperidine rings is 1. The first kappa shape index (κ1) is 22.2. The fourth-order valence-electron chi connectivity index (χ4n) is 6.42. The minimum Gasteiger partial charge on any atom is -0.357 e. The SMILES string of the molecule is CN1C[C@H](Cc2ccc(Cl)cc2)N(C2CCN(c3ccccn3)CC2)C[C@@H]1C1CCCC1. The number of piperazine rings is 1. The van der Waals surface area contributed by atoms with Gasteiger partial charge in [0.05, 0.1) is 0 Å². The van der Waals surface area contributed by atoms with Crippen LogP contribution in [0.3, 0.4) is 0 Å². The molecule has 5 rings (SSSR count). The third kappa shape index (κ3) is 4.98. The molecule has 0 bridgehead atoms. The van der Waals surface area contributed by atoms with Crippen LogP contribution in [-0.4, -0.2) is 66.1 Å². The van der Waals surface area contributed by atoms with E-state index in [0.29, 0.717) is 18.1 Å². The van der Waals surface area contributed by atoms with Crippen LogP contribution < -0.4 is 4.90 Å². The van der Waals surface area contributed by atoms with E-state index < -0.39 is 0 Å². The van der Waals surface area contributed by atoms with E-state index in [9.17, 15) is 0 Å². The number of hydrogen-bond donors (Lipinski definition) is 0. The monoisotopic (exact) mass is 452 g/mol. The smallest absolute Gasteiger partial charge is 0.128 e. The van der Waals surface area contributed by atoms with Gasteiger partial charge in [-0.05, 0) is 74.9 Å². The Bertz CT molecular complexity index is 844. The predicted octanol–water partition coefficient (Wildman–Crippen LogP) is 5.12. The van der Waals surface area contributed by atoms with Crippen molar-refractivity contribution in [3.63, 3.8) is 0 Å². The largest absolute Gasteiger partial charge is 0.357 e. The molecular weight excluding hydrogens is 416 g/mol. The number of rotatable bonds is 5. The molecule has 3 fully saturated rings. The van der Waals surface area contributed by atoms with E-state index in [-0.39, 0.29) is 0 Å². The summed E-state index contributed by atoms with van der Waals surface area (Å²) in [6, 6.07) is 16.7. The molecule has 0 spiro atoms. The molecule has 1 aliphatic carbocycles. The highest BCUT2D eigenvalue weighted by atomic mass is 35.5. The zero-order valence-corrected chi connectivity index (χ0v) is 20.1. The fourth-order valence-corrected chi connectivity index (χ4v) is 6.54. The predicted molar refractivity (Wildman–Crippen MR) is 133 cm³/mol. The van der Waals surface area contributed by atoms with E-state index in [1.54, 1.807) is 0 Å². The molecule has 2 aliphatic heterocycles. The van der Waals surface area contributed by atoms with Crippen molar-refractivity contribution in [2.24, 2.45) is 5.92 Å². The van der Waals surface area contributed by atoms with Crippen molar-refractivity contribution in [2.45, 2.75) is 63.1 Å². The van der Waals surface area contributed by atoms with Crippen molar-refractivity contribution in [3.05, 3.63) is 59.2 Å². The molecule has 0 unspecified atom stereocenters. The van der Waals surface area contributed by atoms with Gasteiger partial charge in [0.2, 0.25) is 0 Å². The van der Waals surface area contributed by atoms with Gasteiger partial charge in [-0.25, -0.2) is 4.98 Å². The number of benzene rings is 1. The lowest BCUT2D eigenvalue weighted by molar-refractivity contribution is -0.0115. The molecule has 3 heterocycles. The Morgan fingerprint density at radius 1 is 0.938 bits per heavy atom. The molecule has 0 N–H and O–H groups in total. The van der Waals surface area contributed by atoms with Crippen LogP contribution in [0.15, 0.2) is 48.7 Å². The third-order valence-electron chi connectivity index (χ3n) is 8.17. The first-order valence-electron chi connectivity index (χ1n) is 12.5. The van der Waals surface area contributed by atoms with E-state index in [0.717, 1.165) is 36.3 Å². The second-order valence-electron chi connectivity index (χ2n) is 10.1. The Balaban J connectivity index is 1.31. The van der Waals surface area contributed by atoms with Gasteiger partial charge >= 0.3 is 0 Å². The summed E-state index contributed by atoms with van der Waals surface area (Å²) in [6.07, 6.45) is 11.2. The molecule has 1 aromatic heterocycles. The van der Waals surface area contributed by atoms with Crippen molar-refractivity contribution in [1.82, 2.24) is 14.8 Å². The van der Waals surface area contributed by atoms with Gasteiger partial charge in [-0.1, -0.05) is 42.6 Å². The van der Waals surface area contributed by atoms with Gasteiger partial charge in [-0.15, -0.1) is 0 Å². The lowest BCUT2D eigenvalue weighted by atomic mass is 9.88.